The van der Waals surface area contributed by atoms with E-state index >= 15 is 0 Å². The molecule has 146 valence electrons. The first-order valence-electron chi connectivity index (χ1n) is 8.91. The van der Waals surface area contributed by atoms with Gasteiger partial charge in [-0.1, -0.05) is 41.4 Å². The monoisotopic (exact) mass is 425 g/mol. The number of hydrogen-bond donors (Lipinski definition) is 0. The molecule has 1 aliphatic rings. The Morgan fingerprint density at radius 1 is 1.07 bits per heavy atom. The molecular weight excluding hydrogens is 409 g/mol. The molecule has 1 aliphatic heterocycles. The van der Waals surface area contributed by atoms with E-state index in [9.17, 15) is 4.79 Å². The molecule has 29 heavy (non-hydrogen) atoms. The Kier molecular flexibility index (Phi) is 5.26. The first kappa shape index (κ1) is 19.4. The van der Waals surface area contributed by atoms with Crippen molar-refractivity contribution in [2.75, 3.05) is 14.1 Å². The van der Waals surface area contributed by atoms with Crippen LogP contribution in [0.5, 0.6) is 0 Å². The third-order valence-corrected chi connectivity index (χ3v) is 5.02. The average molecular weight is 426 g/mol. The highest BCUT2D eigenvalue weighted by Gasteiger charge is 2.23. The standard InChI is InChI=1S/C22H17Cl2N3O2/c1-27(2)12-26-19-9-13-11-25-20(16-5-3-4-6-18(16)24)17-10-14(23)7-8-15(17)21(13)29-22(19)28/h3-10,12H,11H2,1-2H3. The number of rotatable bonds is 3. The van der Waals surface area contributed by atoms with E-state index in [1.165, 1.54) is 0 Å². The molecule has 0 unspecified atom stereocenters. The van der Waals surface area contributed by atoms with Gasteiger partial charge in [0.25, 0.3) is 0 Å². The zero-order chi connectivity index (χ0) is 20.5. The maximum atomic E-state index is 12.5. The Hall–Kier alpha value is -2.89. The predicted octanol–water partition coefficient (Wildman–Crippen LogP) is 5.19. The fourth-order valence-corrected chi connectivity index (χ4v) is 3.55. The van der Waals surface area contributed by atoms with Crippen LogP contribution in [-0.4, -0.2) is 31.0 Å². The van der Waals surface area contributed by atoms with E-state index in [-0.39, 0.29) is 5.69 Å². The smallest absolute Gasteiger partial charge is 0.362 e. The van der Waals surface area contributed by atoms with Crippen LogP contribution in [0.1, 0.15) is 16.7 Å². The van der Waals surface area contributed by atoms with Crippen LogP contribution < -0.4 is 5.63 Å². The highest BCUT2D eigenvalue weighted by atomic mass is 35.5. The largest absolute Gasteiger partial charge is 0.421 e. The first-order chi connectivity index (χ1) is 13.9. The van der Waals surface area contributed by atoms with E-state index in [0.717, 1.165) is 22.3 Å². The van der Waals surface area contributed by atoms with Crippen molar-refractivity contribution in [2.24, 2.45) is 9.98 Å². The van der Waals surface area contributed by atoms with Gasteiger partial charge in [0.05, 0.1) is 18.6 Å². The van der Waals surface area contributed by atoms with Gasteiger partial charge in [-0.25, -0.2) is 9.79 Å². The number of hydrogen-bond acceptors (Lipinski definition) is 4. The Balaban J connectivity index is 1.95. The Bertz CT molecular complexity index is 1210. The van der Waals surface area contributed by atoms with E-state index < -0.39 is 5.63 Å². The fraction of sp³-hybridized carbons (Fsp3) is 0.136. The molecule has 0 saturated carbocycles. The second kappa shape index (κ2) is 7.85. The van der Waals surface area contributed by atoms with Crippen LogP contribution in [-0.2, 0) is 6.54 Å². The SMILES string of the molecule is CN(C)C=Nc1cc2c(oc1=O)-c1ccc(Cl)cc1C(c1ccccc1Cl)=NC2. The van der Waals surface area contributed by atoms with Gasteiger partial charge in [-0.2, -0.15) is 0 Å². The molecule has 5 nitrogen and oxygen atoms in total. The summed E-state index contributed by atoms with van der Waals surface area (Å²) in [6.45, 7) is 0.316. The van der Waals surface area contributed by atoms with Gasteiger partial charge in [0.15, 0.2) is 5.69 Å². The maximum absolute atomic E-state index is 12.5. The van der Waals surface area contributed by atoms with Crippen LogP contribution in [0.2, 0.25) is 10.0 Å². The molecule has 1 aromatic heterocycles. The normalized spacial score (nSPS) is 12.9. The second-order valence-corrected chi connectivity index (χ2v) is 7.66. The van der Waals surface area contributed by atoms with Crippen molar-refractivity contribution in [3.63, 3.8) is 0 Å². The molecule has 0 radical (unpaired) electrons. The fourth-order valence-electron chi connectivity index (χ4n) is 3.16. The molecule has 0 fully saturated rings. The third kappa shape index (κ3) is 3.84. The van der Waals surface area contributed by atoms with Gasteiger partial charge in [0.1, 0.15) is 5.76 Å². The summed E-state index contributed by atoms with van der Waals surface area (Å²) in [7, 11) is 3.66. The summed E-state index contributed by atoms with van der Waals surface area (Å²) in [5.41, 5.74) is 3.47. The van der Waals surface area contributed by atoms with Crippen molar-refractivity contribution >= 4 is 40.9 Å². The van der Waals surface area contributed by atoms with Crippen LogP contribution in [0, 0.1) is 0 Å². The minimum atomic E-state index is -0.510. The molecule has 0 bridgehead atoms. The third-order valence-electron chi connectivity index (χ3n) is 4.45. The van der Waals surface area contributed by atoms with Gasteiger partial charge in [-0.15, -0.1) is 0 Å². The molecule has 0 N–H and O–H groups in total. The van der Waals surface area contributed by atoms with Crippen molar-refractivity contribution in [3.8, 4) is 11.3 Å². The molecular formula is C22H17Cl2N3O2. The summed E-state index contributed by atoms with van der Waals surface area (Å²) in [5.74, 6) is 0.469. The van der Waals surface area contributed by atoms with Crippen LogP contribution in [0.15, 0.2) is 67.7 Å². The van der Waals surface area contributed by atoms with Crippen molar-refractivity contribution < 1.29 is 4.42 Å². The molecule has 7 heteroatoms. The quantitative estimate of drug-likeness (QED) is 0.428. The molecule has 0 saturated heterocycles. The summed E-state index contributed by atoms with van der Waals surface area (Å²) in [5, 5.41) is 1.14. The second-order valence-electron chi connectivity index (χ2n) is 6.82. The summed E-state index contributed by atoms with van der Waals surface area (Å²) in [4.78, 5) is 23.3. The predicted molar refractivity (Wildman–Crippen MR) is 118 cm³/mol. The topological polar surface area (TPSA) is 58.2 Å². The van der Waals surface area contributed by atoms with E-state index in [4.69, 9.17) is 32.6 Å². The number of nitrogens with zero attached hydrogens (tertiary/aromatic N) is 3. The highest BCUT2D eigenvalue weighted by molar-refractivity contribution is 6.36. The van der Waals surface area contributed by atoms with Gasteiger partial charge >= 0.3 is 5.63 Å². The number of halogens is 2. The molecule has 0 amide bonds. The Labute approximate surface area is 177 Å². The average Bonchev–Trinajstić information content (AvgIpc) is 2.83. The molecule has 0 aliphatic carbocycles. The van der Waals surface area contributed by atoms with Crippen molar-refractivity contribution in [1.29, 1.82) is 0 Å². The van der Waals surface area contributed by atoms with Gasteiger partial charge in [-0.3, -0.25) is 4.99 Å². The highest BCUT2D eigenvalue weighted by Crippen LogP contribution is 2.35. The first-order valence-corrected chi connectivity index (χ1v) is 9.67. The summed E-state index contributed by atoms with van der Waals surface area (Å²) < 4.78 is 5.69. The molecule has 4 rings (SSSR count). The summed E-state index contributed by atoms with van der Waals surface area (Å²) >= 11 is 12.7. The molecule has 2 heterocycles. The van der Waals surface area contributed by atoms with E-state index in [0.29, 0.717) is 28.1 Å². The number of aliphatic imine (C=N–C) groups is 2. The van der Waals surface area contributed by atoms with Gasteiger partial charge in [0.2, 0.25) is 0 Å². The molecule has 2 aromatic carbocycles. The zero-order valence-corrected chi connectivity index (χ0v) is 17.3. The van der Waals surface area contributed by atoms with Crippen LogP contribution >= 0.6 is 23.2 Å². The lowest BCUT2D eigenvalue weighted by atomic mass is 9.95. The maximum Gasteiger partial charge on any atom is 0.362 e. The summed E-state index contributed by atoms with van der Waals surface area (Å²) in [6.07, 6.45) is 1.56. The Morgan fingerprint density at radius 2 is 1.86 bits per heavy atom. The van der Waals surface area contributed by atoms with Crippen molar-refractivity contribution in [2.45, 2.75) is 6.54 Å². The van der Waals surface area contributed by atoms with Crippen molar-refractivity contribution in [3.05, 3.63) is 85.7 Å². The van der Waals surface area contributed by atoms with E-state index in [1.807, 2.05) is 50.5 Å². The van der Waals surface area contributed by atoms with Crippen LogP contribution in [0.4, 0.5) is 5.69 Å². The summed E-state index contributed by atoms with van der Waals surface area (Å²) in [6, 6.07) is 14.6. The van der Waals surface area contributed by atoms with Crippen molar-refractivity contribution in [1.82, 2.24) is 4.90 Å². The van der Waals surface area contributed by atoms with Gasteiger partial charge in [-0.05, 0) is 30.3 Å². The molecule has 0 atom stereocenters. The lowest BCUT2D eigenvalue weighted by Crippen LogP contribution is -2.09. The lowest BCUT2D eigenvalue weighted by molar-refractivity contribution is 0.521. The van der Waals surface area contributed by atoms with Crippen LogP contribution in [0.25, 0.3) is 11.3 Å². The van der Waals surface area contributed by atoms with E-state index in [1.54, 1.807) is 23.4 Å². The number of fused-ring (bicyclic) bond motifs is 3. The molecule has 0 spiro atoms. The van der Waals surface area contributed by atoms with Gasteiger partial charge in [0, 0.05) is 46.4 Å². The minimum absolute atomic E-state index is 0.226. The lowest BCUT2D eigenvalue weighted by Gasteiger charge is -2.12. The van der Waals surface area contributed by atoms with E-state index in [2.05, 4.69) is 4.99 Å². The van der Waals surface area contributed by atoms with Gasteiger partial charge < -0.3 is 9.32 Å². The Morgan fingerprint density at radius 3 is 2.62 bits per heavy atom. The van der Waals surface area contributed by atoms with Crippen LogP contribution in [0.3, 0.4) is 0 Å². The minimum Gasteiger partial charge on any atom is -0.421 e. The zero-order valence-electron chi connectivity index (χ0n) is 15.8. The molecule has 3 aromatic rings. The number of benzene rings is 2.